The van der Waals surface area contributed by atoms with Crippen molar-refractivity contribution in [2.75, 3.05) is 26.6 Å². The monoisotopic (exact) mass is 490 g/mol. The number of hydrogen-bond acceptors (Lipinski definition) is 8. The highest BCUT2D eigenvalue weighted by molar-refractivity contribution is 7.57. The topological polar surface area (TPSA) is 97.4 Å². The van der Waals surface area contributed by atoms with E-state index >= 15 is 0 Å². The van der Waals surface area contributed by atoms with Crippen LogP contribution in [0, 0.1) is 17.8 Å². The molecule has 0 aromatic heterocycles. The Morgan fingerprint density at radius 1 is 1.06 bits per heavy atom. The molecule has 3 unspecified atom stereocenters. The molecule has 0 radical (unpaired) electrons. The number of hydrogen-bond donors (Lipinski definition) is 0. The molecule has 1 aliphatic rings. The van der Waals surface area contributed by atoms with Crippen LogP contribution in [0.15, 0.2) is 30.3 Å². The third kappa shape index (κ3) is 8.40. The van der Waals surface area contributed by atoms with E-state index in [1.54, 1.807) is 0 Å². The maximum Gasteiger partial charge on any atom is 0.327 e. The van der Waals surface area contributed by atoms with Gasteiger partial charge in [-0.05, 0) is 11.5 Å². The van der Waals surface area contributed by atoms with Crippen LogP contribution in [-0.4, -0.2) is 51.1 Å². The van der Waals surface area contributed by atoms with E-state index in [0.717, 1.165) is 5.56 Å². The highest BCUT2D eigenvalue weighted by Gasteiger charge is 2.47. The van der Waals surface area contributed by atoms with Gasteiger partial charge in [-0.2, -0.15) is 0 Å². The van der Waals surface area contributed by atoms with E-state index in [4.69, 9.17) is 23.0 Å². The lowest BCUT2D eigenvalue weighted by Gasteiger charge is -2.46. The Kier molecular flexibility index (Phi) is 9.72. The van der Waals surface area contributed by atoms with Crippen molar-refractivity contribution >= 4 is 20.9 Å². The summed E-state index contributed by atoms with van der Waals surface area (Å²) in [5, 5.41) is 0. The van der Waals surface area contributed by atoms with Crippen molar-refractivity contribution in [1.82, 2.24) is 0 Å². The Bertz CT molecular complexity index is 840. The zero-order valence-corrected chi connectivity index (χ0v) is 21.7. The molecule has 0 bridgehead atoms. The quantitative estimate of drug-likeness (QED) is 0.328. The van der Waals surface area contributed by atoms with Crippen molar-refractivity contribution in [3.63, 3.8) is 0 Å². The second kappa shape index (κ2) is 11.4. The molecule has 1 aromatic carbocycles. The first-order valence-corrected chi connectivity index (χ1v) is 15.3. The zero-order chi connectivity index (χ0) is 24.1. The molecule has 1 aromatic rings. The second-order valence-electron chi connectivity index (χ2n) is 8.92. The van der Waals surface area contributed by atoms with Crippen LogP contribution in [0.1, 0.15) is 33.3 Å². The van der Waals surface area contributed by atoms with Gasteiger partial charge in [0.2, 0.25) is 6.29 Å². The van der Waals surface area contributed by atoms with Crippen LogP contribution in [0.3, 0.4) is 0 Å². The molecule has 0 N–H and O–H groups in total. The summed E-state index contributed by atoms with van der Waals surface area (Å²) < 4.78 is 53.5. The minimum atomic E-state index is -3.28. The first-order valence-electron chi connectivity index (χ1n) is 10.8. The summed E-state index contributed by atoms with van der Waals surface area (Å²) in [5.41, 5.74) is 0.907. The van der Waals surface area contributed by atoms with E-state index in [2.05, 4.69) is 0 Å². The Morgan fingerprint density at radius 2 is 1.69 bits per heavy atom. The number of carbonyl (C=O) groups excluding carboxylic acids is 1. The van der Waals surface area contributed by atoms with Gasteiger partial charge in [-0.25, -0.2) is 0 Å². The van der Waals surface area contributed by atoms with Crippen molar-refractivity contribution in [2.24, 2.45) is 17.8 Å². The molecule has 1 aliphatic heterocycles. The van der Waals surface area contributed by atoms with Crippen LogP contribution in [0.5, 0.6) is 0 Å². The summed E-state index contributed by atoms with van der Waals surface area (Å²) in [4.78, 5) is 11.6. The van der Waals surface area contributed by atoms with E-state index < -0.39 is 33.3 Å². The van der Waals surface area contributed by atoms with Crippen LogP contribution in [0.2, 0.25) is 0 Å². The lowest BCUT2D eigenvalue weighted by Crippen LogP contribution is -2.53. The molecule has 8 nitrogen and oxygen atoms in total. The van der Waals surface area contributed by atoms with Crippen molar-refractivity contribution in [3.8, 4) is 0 Å². The first-order chi connectivity index (χ1) is 14.8. The van der Waals surface area contributed by atoms with Crippen molar-refractivity contribution < 1.29 is 37.0 Å². The molecule has 0 saturated carbocycles. The van der Waals surface area contributed by atoms with Gasteiger partial charge >= 0.3 is 13.6 Å². The fourth-order valence-corrected chi connectivity index (χ4v) is 5.33. The van der Waals surface area contributed by atoms with Gasteiger partial charge in [0, 0.05) is 38.8 Å². The average Bonchev–Trinajstić information content (AvgIpc) is 2.70. The van der Waals surface area contributed by atoms with Crippen molar-refractivity contribution in [1.29, 1.82) is 0 Å². The predicted molar refractivity (Wildman–Crippen MR) is 123 cm³/mol. The van der Waals surface area contributed by atoms with Gasteiger partial charge in [-0.3, -0.25) is 18.4 Å². The fourth-order valence-electron chi connectivity index (χ4n) is 3.70. The molecule has 1 heterocycles. The first kappa shape index (κ1) is 27.2. The van der Waals surface area contributed by atoms with E-state index in [1.807, 2.05) is 51.1 Å². The fraction of sp³-hybridized carbons (Fsp3) is 0.682. The predicted octanol–water partition coefficient (Wildman–Crippen LogP) is 5.16. The van der Waals surface area contributed by atoms with E-state index in [0.29, 0.717) is 0 Å². The van der Waals surface area contributed by atoms with Gasteiger partial charge in [-0.15, -0.1) is 0 Å². The second-order valence-corrected chi connectivity index (χ2v) is 13.7. The van der Waals surface area contributed by atoms with Gasteiger partial charge in [0.15, 0.2) is 13.5 Å². The van der Waals surface area contributed by atoms with Gasteiger partial charge < -0.3 is 18.5 Å². The Morgan fingerprint density at radius 3 is 2.25 bits per heavy atom. The van der Waals surface area contributed by atoms with E-state index in [9.17, 15) is 13.9 Å². The number of ether oxygens (including phenoxy) is 2. The molecule has 1 saturated heterocycles. The molecule has 7 atom stereocenters. The van der Waals surface area contributed by atoms with Gasteiger partial charge in [0.1, 0.15) is 0 Å². The summed E-state index contributed by atoms with van der Waals surface area (Å²) in [5.74, 6) is -0.754. The molecule has 1 fully saturated rings. The normalized spacial score (nSPS) is 29.2. The molecule has 32 heavy (non-hydrogen) atoms. The summed E-state index contributed by atoms with van der Waals surface area (Å²) in [6.45, 7) is 11.9. The smallest absolute Gasteiger partial charge is 0.327 e. The minimum Gasteiger partial charge on any atom is -0.457 e. The Labute approximate surface area is 191 Å². The number of carbonyl (C=O) groups is 1. The van der Waals surface area contributed by atoms with Gasteiger partial charge in [0.05, 0.1) is 19.3 Å². The number of esters is 1. The highest BCUT2D eigenvalue weighted by Crippen LogP contribution is 2.47. The van der Waals surface area contributed by atoms with E-state index in [-0.39, 0.29) is 37.1 Å². The molecule has 10 heteroatoms. The van der Waals surface area contributed by atoms with Crippen LogP contribution < -0.4 is 0 Å². The minimum absolute atomic E-state index is 0.0209. The third-order valence-corrected chi connectivity index (χ3v) is 7.46. The number of rotatable bonds is 10. The SMILES string of the molecule is CC(=O)OC1[C@H](OP(C)(C)=O)OC([C@H](C)COP(C)(=O)OCc2ccccc2)[C@@H](C)[C@@H]1C. The average molecular weight is 490 g/mol. The van der Waals surface area contributed by atoms with Crippen LogP contribution in [0.25, 0.3) is 0 Å². The summed E-state index contributed by atoms with van der Waals surface area (Å²) in [7, 11) is -6.19. The molecule has 0 spiro atoms. The molecule has 182 valence electrons. The molecule has 0 aliphatic carbocycles. The summed E-state index contributed by atoms with van der Waals surface area (Å²) >= 11 is 0. The summed E-state index contributed by atoms with van der Waals surface area (Å²) in [6, 6.07) is 9.46. The molecule has 2 rings (SSSR count). The maximum atomic E-state index is 12.7. The van der Waals surface area contributed by atoms with Crippen molar-refractivity contribution in [2.45, 2.75) is 52.8 Å². The van der Waals surface area contributed by atoms with Crippen LogP contribution in [-0.2, 0) is 43.6 Å². The molecular formula is C22H36O8P2. The van der Waals surface area contributed by atoms with E-state index in [1.165, 1.54) is 26.9 Å². The highest BCUT2D eigenvalue weighted by atomic mass is 31.2. The largest absolute Gasteiger partial charge is 0.457 e. The maximum absolute atomic E-state index is 12.7. The Balaban J connectivity index is 2.02. The van der Waals surface area contributed by atoms with Gasteiger partial charge in [0.25, 0.3) is 0 Å². The lowest BCUT2D eigenvalue weighted by atomic mass is 9.79. The molecular weight excluding hydrogens is 454 g/mol. The summed E-state index contributed by atoms with van der Waals surface area (Å²) in [6.07, 6.45) is -1.98. The van der Waals surface area contributed by atoms with Gasteiger partial charge in [-0.1, -0.05) is 51.1 Å². The standard InChI is InChI=1S/C22H36O8P2/c1-15(13-26-32(7,25)27-14-19-11-9-8-10-12-19)20-16(2)17(3)21(28-18(4)23)22(29-20)30-31(5,6)24/h8-12,15-17,20-22H,13-14H2,1-7H3/t15-,16+,17+,20?,21?,22+,32?/m1/s1. The molecule has 0 amide bonds. The Hall–Kier alpha value is -1.01. The zero-order valence-electron chi connectivity index (χ0n) is 19.9. The van der Waals surface area contributed by atoms with Crippen molar-refractivity contribution in [3.05, 3.63) is 35.9 Å². The number of benzene rings is 1. The third-order valence-electron chi connectivity index (χ3n) is 5.53. The van der Waals surface area contributed by atoms with Crippen LogP contribution >= 0.6 is 15.0 Å². The lowest BCUT2D eigenvalue weighted by molar-refractivity contribution is -0.256. The van der Waals surface area contributed by atoms with Crippen LogP contribution in [0.4, 0.5) is 0 Å².